The quantitative estimate of drug-likeness (QED) is 0.679. The van der Waals surface area contributed by atoms with Crippen LogP contribution in [0.4, 0.5) is 5.69 Å². The number of nitrogens with one attached hydrogen (secondary N) is 1. The number of nitro groups is 1. The first kappa shape index (κ1) is 16.0. The van der Waals surface area contributed by atoms with Crippen molar-refractivity contribution < 1.29 is 9.72 Å². The maximum atomic E-state index is 12.4. The number of hydrogen-bond acceptors (Lipinski definition) is 4. The van der Waals surface area contributed by atoms with Gasteiger partial charge >= 0.3 is 0 Å². The molecule has 1 amide bonds. The summed E-state index contributed by atoms with van der Waals surface area (Å²) in [4.78, 5) is 24.2. The SMILES string of the molecule is CN(CC1CCCN1)C(=O)c1cc([N+](=O)[O-])cc(Cl)c1Cl. The van der Waals surface area contributed by atoms with E-state index in [4.69, 9.17) is 23.2 Å². The second-order valence-electron chi connectivity index (χ2n) is 5.03. The fraction of sp³-hybridized carbons (Fsp3) is 0.462. The largest absolute Gasteiger partial charge is 0.340 e. The van der Waals surface area contributed by atoms with Crippen LogP contribution >= 0.6 is 23.2 Å². The number of nitro benzene ring substituents is 1. The molecule has 0 radical (unpaired) electrons. The third-order valence-corrected chi connectivity index (χ3v) is 4.26. The van der Waals surface area contributed by atoms with Gasteiger partial charge in [-0.15, -0.1) is 0 Å². The van der Waals surface area contributed by atoms with Crippen molar-refractivity contribution in [1.82, 2.24) is 10.2 Å². The molecule has 2 rings (SSSR count). The summed E-state index contributed by atoms with van der Waals surface area (Å²) in [6, 6.07) is 2.54. The van der Waals surface area contributed by atoms with Gasteiger partial charge in [-0.2, -0.15) is 0 Å². The van der Waals surface area contributed by atoms with E-state index in [9.17, 15) is 14.9 Å². The fourth-order valence-corrected chi connectivity index (χ4v) is 2.77. The Morgan fingerprint density at radius 1 is 1.52 bits per heavy atom. The molecule has 1 aliphatic rings. The summed E-state index contributed by atoms with van der Waals surface area (Å²) in [5, 5.41) is 14.2. The van der Waals surface area contributed by atoms with Crippen LogP contribution in [0.25, 0.3) is 0 Å². The van der Waals surface area contributed by atoms with Gasteiger partial charge in [0.2, 0.25) is 0 Å². The van der Waals surface area contributed by atoms with E-state index in [-0.39, 0.29) is 33.2 Å². The van der Waals surface area contributed by atoms with Crippen LogP contribution in [0.15, 0.2) is 12.1 Å². The standard InChI is InChI=1S/C13H15Cl2N3O3/c1-17(7-8-3-2-4-16-8)13(19)10-5-9(18(20)21)6-11(14)12(10)15/h5-6,8,16H,2-4,7H2,1H3. The monoisotopic (exact) mass is 331 g/mol. The lowest BCUT2D eigenvalue weighted by Gasteiger charge is -2.22. The van der Waals surface area contributed by atoms with E-state index in [1.807, 2.05) is 0 Å². The first-order chi connectivity index (χ1) is 9.90. The molecule has 0 aliphatic carbocycles. The first-order valence-corrected chi connectivity index (χ1v) is 7.28. The Kier molecular flexibility index (Phi) is 5.03. The van der Waals surface area contributed by atoms with E-state index in [1.165, 1.54) is 4.90 Å². The Balaban J connectivity index is 2.22. The van der Waals surface area contributed by atoms with Gasteiger partial charge in [0, 0.05) is 31.8 Å². The lowest BCUT2D eigenvalue weighted by atomic mass is 10.1. The molecule has 0 aromatic heterocycles. The Hall–Kier alpha value is -1.37. The minimum Gasteiger partial charge on any atom is -0.340 e. The van der Waals surface area contributed by atoms with Crippen molar-refractivity contribution in [2.24, 2.45) is 0 Å². The first-order valence-electron chi connectivity index (χ1n) is 6.52. The highest BCUT2D eigenvalue weighted by atomic mass is 35.5. The molecule has 1 unspecified atom stereocenters. The number of non-ortho nitro benzene ring substituents is 1. The Bertz CT molecular complexity index is 574. The van der Waals surface area contributed by atoms with Crippen molar-refractivity contribution in [1.29, 1.82) is 0 Å². The highest BCUT2D eigenvalue weighted by molar-refractivity contribution is 6.44. The van der Waals surface area contributed by atoms with E-state index in [2.05, 4.69) is 5.32 Å². The Morgan fingerprint density at radius 3 is 2.81 bits per heavy atom. The second kappa shape index (κ2) is 6.60. The molecule has 1 aromatic rings. The van der Waals surface area contributed by atoms with Crippen LogP contribution < -0.4 is 5.32 Å². The van der Waals surface area contributed by atoms with E-state index in [1.54, 1.807) is 7.05 Å². The number of rotatable bonds is 4. The lowest BCUT2D eigenvalue weighted by Crippen LogP contribution is -2.38. The molecule has 1 saturated heterocycles. The summed E-state index contributed by atoms with van der Waals surface area (Å²) in [6.07, 6.45) is 2.08. The number of hydrogen-bond donors (Lipinski definition) is 1. The van der Waals surface area contributed by atoms with E-state index in [0.717, 1.165) is 31.5 Å². The van der Waals surface area contributed by atoms with E-state index >= 15 is 0 Å². The van der Waals surface area contributed by atoms with Crippen molar-refractivity contribution in [2.75, 3.05) is 20.1 Å². The normalized spacial score (nSPS) is 17.8. The molecule has 1 aromatic carbocycles. The predicted molar refractivity (Wildman–Crippen MR) is 81.1 cm³/mol. The molecule has 0 saturated carbocycles. The van der Waals surface area contributed by atoms with Crippen LogP contribution in [-0.2, 0) is 0 Å². The molecule has 114 valence electrons. The summed E-state index contributed by atoms with van der Waals surface area (Å²) >= 11 is 11.9. The van der Waals surface area contributed by atoms with E-state index in [0.29, 0.717) is 6.54 Å². The number of likely N-dealkylation sites (N-methyl/N-ethyl adjacent to an activating group) is 1. The Morgan fingerprint density at radius 2 is 2.24 bits per heavy atom. The number of benzene rings is 1. The average molecular weight is 332 g/mol. The lowest BCUT2D eigenvalue weighted by molar-refractivity contribution is -0.384. The average Bonchev–Trinajstić information content (AvgIpc) is 2.93. The second-order valence-corrected chi connectivity index (χ2v) is 5.81. The smallest absolute Gasteiger partial charge is 0.271 e. The van der Waals surface area contributed by atoms with Gasteiger partial charge in [0.25, 0.3) is 11.6 Å². The van der Waals surface area contributed by atoms with Gasteiger partial charge in [-0.3, -0.25) is 14.9 Å². The number of halogens is 2. The van der Waals surface area contributed by atoms with Crippen molar-refractivity contribution in [3.05, 3.63) is 37.9 Å². The van der Waals surface area contributed by atoms with Crippen molar-refractivity contribution >= 4 is 34.8 Å². The molecule has 1 N–H and O–H groups in total. The molecular formula is C13H15Cl2N3O3. The summed E-state index contributed by atoms with van der Waals surface area (Å²) in [6.45, 7) is 1.46. The summed E-state index contributed by atoms with van der Waals surface area (Å²) < 4.78 is 0. The molecule has 1 fully saturated rings. The van der Waals surface area contributed by atoms with Gasteiger partial charge in [-0.05, 0) is 19.4 Å². The highest BCUT2D eigenvalue weighted by Gasteiger charge is 2.24. The van der Waals surface area contributed by atoms with Crippen LogP contribution in [0.1, 0.15) is 23.2 Å². The molecule has 8 heteroatoms. The zero-order valence-corrected chi connectivity index (χ0v) is 12.9. The number of amides is 1. The van der Waals surface area contributed by atoms with Gasteiger partial charge in [0.1, 0.15) is 0 Å². The molecule has 1 atom stereocenters. The molecule has 21 heavy (non-hydrogen) atoms. The van der Waals surface area contributed by atoms with Crippen LogP contribution in [0.3, 0.4) is 0 Å². The van der Waals surface area contributed by atoms with Crippen LogP contribution in [0, 0.1) is 10.1 Å². The summed E-state index contributed by atoms with van der Waals surface area (Å²) in [7, 11) is 1.64. The minimum absolute atomic E-state index is 0.00149. The molecule has 0 spiro atoms. The Labute approximate surface area is 132 Å². The molecule has 0 bridgehead atoms. The maximum Gasteiger partial charge on any atom is 0.271 e. The summed E-state index contributed by atoms with van der Waals surface area (Å²) in [5.74, 6) is -0.376. The number of carbonyl (C=O) groups is 1. The van der Waals surface area contributed by atoms with Crippen LogP contribution in [-0.4, -0.2) is 41.9 Å². The minimum atomic E-state index is -0.600. The van der Waals surface area contributed by atoms with Gasteiger partial charge < -0.3 is 10.2 Å². The maximum absolute atomic E-state index is 12.4. The molecule has 6 nitrogen and oxygen atoms in total. The third-order valence-electron chi connectivity index (χ3n) is 3.46. The van der Waals surface area contributed by atoms with Gasteiger partial charge in [-0.1, -0.05) is 23.2 Å². The van der Waals surface area contributed by atoms with Crippen molar-refractivity contribution in [2.45, 2.75) is 18.9 Å². The van der Waals surface area contributed by atoms with Crippen LogP contribution in [0.2, 0.25) is 10.0 Å². The van der Waals surface area contributed by atoms with Gasteiger partial charge in [0.05, 0.1) is 20.5 Å². The molecule has 1 aliphatic heterocycles. The van der Waals surface area contributed by atoms with Crippen molar-refractivity contribution in [3.8, 4) is 0 Å². The predicted octanol–water partition coefficient (Wildman–Crippen LogP) is 2.73. The number of carbonyl (C=O) groups excluding carboxylic acids is 1. The van der Waals surface area contributed by atoms with Gasteiger partial charge in [-0.25, -0.2) is 0 Å². The van der Waals surface area contributed by atoms with Gasteiger partial charge in [0.15, 0.2) is 0 Å². The van der Waals surface area contributed by atoms with Crippen LogP contribution in [0.5, 0.6) is 0 Å². The fourth-order valence-electron chi connectivity index (χ4n) is 2.37. The molecular weight excluding hydrogens is 317 g/mol. The zero-order chi connectivity index (χ0) is 15.6. The molecule has 1 heterocycles. The topological polar surface area (TPSA) is 75.5 Å². The third kappa shape index (κ3) is 3.64. The highest BCUT2D eigenvalue weighted by Crippen LogP contribution is 2.31. The van der Waals surface area contributed by atoms with Crippen molar-refractivity contribution in [3.63, 3.8) is 0 Å². The zero-order valence-electron chi connectivity index (χ0n) is 11.4. The number of nitrogens with zero attached hydrogens (tertiary/aromatic N) is 2. The van der Waals surface area contributed by atoms with E-state index < -0.39 is 4.92 Å². The summed E-state index contributed by atoms with van der Waals surface area (Å²) in [5.41, 5.74) is -0.198.